The van der Waals surface area contributed by atoms with Gasteiger partial charge in [-0.25, -0.2) is 9.97 Å². The zero-order chi connectivity index (χ0) is 17.1. The van der Waals surface area contributed by atoms with Crippen molar-refractivity contribution in [3.05, 3.63) is 56.1 Å². The molecule has 0 saturated heterocycles. The van der Waals surface area contributed by atoms with E-state index in [2.05, 4.69) is 67.3 Å². The third-order valence-corrected chi connectivity index (χ3v) is 5.44. The van der Waals surface area contributed by atoms with Crippen molar-refractivity contribution in [3.8, 4) is 33.9 Å². The second-order valence-electron chi connectivity index (χ2n) is 4.95. The Balaban J connectivity index is 2.24. The van der Waals surface area contributed by atoms with Crippen LogP contribution >= 0.6 is 45.2 Å². The molecule has 3 aromatic rings. The molecule has 0 aliphatic carbocycles. The number of benzene rings is 2. The molecular weight excluding hydrogens is 530 g/mol. The molecule has 0 radical (unpaired) electrons. The highest BCUT2D eigenvalue weighted by Gasteiger charge is 2.17. The minimum atomic E-state index is 0.686. The van der Waals surface area contributed by atoms with Crippen molar-refractivity contribution in [2.24, 2.45) is 0 Å². The molecule has 0 unspecified atom stereocenters. The lowest BCUT2D eigenvalue weighted by Crippen LogP contribution is -1.97. The fourth-order valence-electron chi connectivity index (χ4n) is 2.46. The van der Waals surface area contributed by atoms with Crippen LogP contribution in [-0.4, -0.2) is 24.2 Å². The quantitative estimate of drug-likeness (QED) is 0.433. The smallest absolute Gasteiger partial charge is 0.161 e. The summed E-state index contributed by atoms with van der Waals surface area (Å²) in [7, 11) is 3.27. The van der Waals surface area contributed by atoms with Gasteiger partial charge in [0, 0.05) is 30.0 Å². The molecule has 0 fully saturated rings. The van der Waals surface area contributed by atoms with Crippen molar-refractivity contribution in [3.63, 3.8) is 0 Å². The molecule has 3 rings (SSSR count). The van der Waals surface area contributed by atoms with Gasteiger partial charge in [-0.2, -0.15) is 0 Å². The maximum absolute atomic E-state index is 5.45. The molecule has 24 heavy (non-hydrogen) atoms. The normalized spacial score (nSPS) is 10.5. The van der Waals surface area contributed by atoms with Crippen LogP contribution in [0.5, 0.6) is 11.5 Å². The number of rotatable bonds is 4. The van der Waals surface area contributed by atoms with E-state index in [1.807, 2.05) is 30.5 Å². The summed E-state index contributed by atoms with van der Waals surface area (Å²) in [5.41, 5.74) is 3.97. The lowest BCUT2D eigenvalue weighted by Gasteiger charge is -2.14. The molecule has 6 heteroatoms. The van der Waals surface area contributed by atoms with E-state index in [0.717, 1.165) is 29.5 Å². The van der Waals surface area contributed by atoms with E-state index >= 15 is 0 Å². The lowest BCUT2D eigenvalue weighted by atomic mass is 10.0. The van der Waals surface area contributed by atoms with Crippen molar-refractivity contribution in [1.82, 2.24) is 9.97 Å². The van der Waals surface area contributed by atoms with Gasteiger partial charge >= 0.3 is 0 Å². The monoisotopic (exact) mass is 544 g/mol. The van der Waals surface area contributed by atoms with Crippen LogP contribution in [0.4, 0.5) is 0 Å². The number of hydrogen-bond donors (Lipinski definition) is 0. The summed E-state index contributed by atoms with van der Waals surface area (Å²) < 4.78 is 13.0. The Morgan fingerprint density at radius 1 is 0.833 bits per heavy atom. The molecule has 2 aromatic carbocycles. The van der Waals surface area contributed by atoms with E-state index < -0.39 is 0 Å². The number of nitrogens with zero attached hydrogens (tertiary/aromatic N) is 2. The van der Waals surface area contributed by atoms with Gasteiger partial charge in [0.15, 0.2) is 11.5 Å². The van der Waals surface area contributed by atoms with E-state index in [1.165, 1.54) is 0 Å². The van der Waals surface area contributed by atoms with Crippen LogP contribution in [-0.2, 0) is 0 Å². The number of aromatic nitrogens is 2. The van der Waals surface area contributed by atoms with Crippen LogP contribution in [0, 0.1) is 7.14 Å². The maximum Gasteiger partial charge on any atom is 0.161 e. The summed E-state index contributed by atoms with van der Waals surface area (Å²) >= 11 is 4.62. The van der Waals surface area contributed by atoms with Crippen LogP contribution in [0.3, 0.4) is 0 Å². The van der Waals surface area contributed by atoms with Crippen LogP contribution in [0.25, 0.3) is 22.4 Å². The summed E-state index contributed by atoms with van der Waals surface area (Å²) in [6, 6.07) is 12.1. The van der Waals surface area contributed by atoms with Gasteiger partial charge in [0.1, 0.15) is 6.33 Å². The third-order valence-electron chi connectivity index (χ3n) is 3.60. The summed E-state index contributed by atoms with van der Waals surface area (Å²) in [4.78, 5) is 8.76. The molecule has 0 saturated carbocycles. The Hall–Kier alpha value is -1.42. The van der Waals surface area contributed by atoms with Crippen molar-refractivity contribution >= 4 is 45.2 Å². The number of ether oxygens (including phenoxy) is 2. The third kappa shape index (κ3) is 3.34. The van der Waals surface area contributed by atoms with Gasteiger partial charge in [-0.1, -0.05) is 18.2 Å². The molecule has 0 aliphatic rings. The van der Waals surface area contributed by atoms with Crippen molar-refractivity contribution in [1.29, 1.82) is 0 Å². The highest BCUT2D eigenvalue weighted by molar-refractivity contribution is 14.1. The van der Waals surface area contributed by atoms with Crippen LogP contribution in [0.15, 0.2) is 48.9 Å². The molecular formula is C18H14I2N2O2. The molecule has 0 N–H and O–H groups in total. The van der Waals surface area contributed by atoms with Crippen LogP contribution in [0.2, 0.25) is 0 Å². The van der Waals surface area contributed by atoms with Gasteiger partial charge in [0.25, 0.3) is 0 Å². The standard InChI is InChI=1S/C18H14I2N2O2/c1-23-16-7-12(15(20)8-17(16)24-2)13-9-21-10-22-18(13)11-5-3-4-6-14(11)19/h3-10H,1-2H3. The zero-order valence-corrected chi connectivity index (χ0v) is 17.4. The molecule has 0 spiro atoms. The molecule has 0 amide bonds. The molecule has 1 aromatic heterocycles. The van der Waals surface area contributed by atoms with Crippen molar-refractivity contribution in [2.75, 3.05) is 14.2 Å². The van der Waals surface area contributed by atoms with Gasteiger partial charge in [-0.05, 0) is 63.4 Å². The maximum atomic E-state index is 5.45. The average Bonchev–Trinajstić information content (AvgIpc) is 2.62. The van der Waals surface area contributed by atoms with Crippen molar-refractivity contribution in [2.45, 2.75) is 0 Å². The van der Waals surface area contributed by atoms with Crippen LogP contribution < -0.4 is 9.47 Å². The van der Waals surface area contributed by atoms with E-state index in [1.54, 1.807) is 20.5 Å². The first-order valence-corrected chi connectivity index (χ1v) is 9.28. The van der Waals surface area contributed by atoms with Gasteiger partial charge in [0.2, 0.25) is 0 Å². The predicted molar refractivity (Wildman–Crippen MR) is 111 cm³/mol. The molecule has 0 bridgehead atoms. The van der Waals surface area contributed by atoms with Gasteiger partial charge < -0.3 is 9.47 Å². The second-order valence-corrected chi connectivity index (χ2v) is 7.28. The first-order chi connectivity index (χ1) is 11.7. The SMILES string of the molecule is COc1cc(I)c(-c2cncnc2-c2ccccc2I)cc1OC. The Labute approximate surface area is 167 Å². The molecule has 122 valence electrons. The largest absolute Gasteiger partial charge is 0.493 e. The fraction of sp³-hybridized carbons (Fsp3) is 0.111. The number of halogens is 2. The van der Waals surface area contributed by atoms with E-state index in [4.69, 9.17) is 9.47 Å². The summed E-state index contributed by atoms with van der Waals surface area (Å²) in [6.07, 6.45) is 3.42. The predicted octanol–water partition coefficient (Wildman–Crippen LogP) is 5.04. The van der Waals surface area contributed by atoms with E-state index in [9.17, 15) is 0 Å². The Morgan fingerprint density at radius 2 is 1.54 bits per heavy atom. The Morgan fingerprint density at radius 3 is 2.25 bits per heavy atom. The average molecular weight is 544 g/mol. The molecule has 0 aliphatic heterocycles. The van der Waals surface area contributed by atoms with E-state index in [0.29, 0.717) is 11.5 Å². The fourth-order valence-corrected chi connectivity index (χ4v) is 3.83. The summed E-state index contributed by atoms with van der Waals surface area (Å²) in [5, 5.41) is 0. The Bertz CT molecular complexity index is 885. The molecule has 0 atom stereocenters. The Kier molecular flexibility index (Phi) is 5.54. The highest BCUT2D eigenvalue weighted by atomic mass is 127. The topological polar surface area (TPSA) is 44.2 Å². The zero-order valence-electron chi connectivity index (χ0n) is 13.1. The van der Waals surface area contributed by atoms with Gasteiger partial charge in [0.05, 0.1) is 19.9 Å². The number of methoxy groups -OCH3 is 2. The molecule has 4 nitrogen and oxygen atoms in total. The second kappa shape index (κ2) is 7.64. The van der Waals surface area contributed by atoms with Gasteiger partial charge in [-0.15, -0.1) is 0 Å². The van der Waals surface area contributed by atoms with E-state index in [-0.39, 0.29) is 0 Å². The summed E-state index contributed by atoms with van der Waals surface area (Å²) in [5.74, 6) is 1.39. The van der Waals surface area contributed by atoms with Crippen LogP contribution in [0.1, 0.15) is 0 Å². The van der Waals surface area contributed by atoms with Crippen molar-refractivity contribution < 1.29 is 9.47 Å². The minimum absolute atomic E-state index is 0.686. The first-order valence-electron chi connectivity index (χ1n) is 7.12. The molecule has 1 heterocycles. The summed E-state index contributed by atoms with van der Waals surface area (Å²) in [6.45, 7) is 0. The van der Waals surface area contributed by atoms with Gasteiger partial charge in [-0.3, -0.25) is 0 Å². The highest BCUT2D eigenvalue weighted by Crippen LogP contribution is 2.39. The lowest BCUT2D eigenvalue weighted by molar-refractivity contribution is 0.355. The first kappa shape index (κ1) is 17.4. The minimum Gasteiger partial charge on any atom is -0.493 e. The number of hydrogen-bond acceptors (Lipinski definition) is 4.